The Kier molecular flexibility index (Phi) is 1.80. The van der Waals surface area contributed by atoms with E-state index >= 15 is 0 Å². The van der Waals surface area contributed by atoms with Gasteiger partial charge in [-0.2, -0.15) is 10.2 Å². The van der Waals surface area contributed by atoms with Crippen LogP contribution in [0.2, 0.25) is 0 Å². The summed E-state index contributed by atoms with van der Waals surface area (Å²) in [5.74, 6) is 0. The van der Waals surface area contributed by atoms with Crippen molar-refractivity contribution in [2.75, 3.05) is 0 Å². The number of hydrogen-bond donors (Lipinski definition) is 0. The Morgan fingerprint density at radius 1 is 0.889 bits per heavy atom. The van der Waals surface area contributed by atoms with Crippen LogP contribution >= 0.6 is 0 Å². The number of aromatic nitrogens is 4. The zero-order valence-corrected chi connectivity index (χ0v) is 9.49. The molecular weight excluding hydrogens is 224 g/mol. The van der Waals surface area contributed by atoms with Crippen LogP contribution in [0.15, 0.2) is 55.1 Å². The number of pyridine rings is 1. The van der Waals surface area contributed by atoms with Gasteiger partial charge in [0, 0.05) is 36.4 Å². The molecule has 4 nitrogen and oxygen atoms in total. The highest BCUT2D eigenvalue weighted by Gasteiger charge is 2.05. The van der Waals surface area contributed by atoms with Gasteiger partial charge in [-0.1, -0.05) is 0 Å². The lowest BCUT2D eigenvalue weighted by molar-refractivity contribution is 0.941. The van der Waals surface area contributed by atoms with Crippen molar-refractivity contribution < 1.29 is 0 Å². The number of fused-ring (bicyclic) bond motifs is 2. The average molecular weight is 233 g/mol. The molecule has 0 bridgehead atoms. The fourth-order valence-electron chi connectivity index (χ4n) is 2.19. The summed E-state index contributed by atoms with van der Waals surface area (Å²) in [5, 5.41) is 8.44. The highest BCUT2D eigenvalue weighted by molar-refractivity contribution is 5.81. The van der Waals surface area contributed by atoms with E-state index in [1.165, 1.54) is 0 Å². The van der Waals surface area contributed by atoms with Crippen molar-refractivity contribution in [3.05, 3.63) is 61.2 Å². The van der Waals surface area contributed by atoms with Gasteiger partial charge in [-0.15, -0.1) is 0 Å². The molecule has 0 fully saturated rings. The third-order valence-electron chi connectivity index (χ3n) is 3.04. The van der Waals surface area contributed by atoms with E-state index in [4.69, 9.17) is 0 Å². The summed E-state index contributed by atoms with van der Waals surface area (Å²) >= 11 is 0. The highest BCUT2D eigenvalue weighted by atomic mass is 15.2. The molecule has 4 aromatic heterocycles. The Morgan fingerprint density at radius 3 is 2.78 bits per heavy atom. The molecule has 4 heteroatoms. The van der Waals surface area contributed by atoms with Gasteiger partial charge in [0.05, 0.1) is 11.0 Å². The lowest BCUT2D eigenvalue weighted by atomic mass is 10.1. The summed E-state index contributed by atoms with van der Waals surface area (Å²) in [7, 11) is 0. The molecule has 18 heavy (non-hydrogen) atoms. The molecule has 0 aliphatic carbocycles. The number of nitrogens with zero attached hydrogens (tertiary/aromatic N) is 4. The summed E-state index contributed by atoms with van der Waals surface area (Å²) < 4.78 is 3.67. The first-order chi connectivity index (χ1) is 8.92. The van der Waals surface area contributed by atoms with Crippen LogP contribution in [0.1, 0.15) is 0 Å². The van der Waals surface area contributed by atoms with E-state index < -0.39 is 0 Å². The molecular formula is C14H9N4. The van der Waals surface area contributed by atoms with E-state index in [1.54, 1.807) is 16.9 Å². The molecule has 4 rings (SSSR count). The van der Waals surface area contributed by atoms with E-state index in [-0.39, 0.29) is 0 Å². The first kappa shape index (κ1) is 9.41. The van der Waals surface area contributed by atoms with Crippen LogP contribution in [0.3, 0.4) is 0 Å². The maximum atomic E-state index is 4.26. The predicted molar refractivity (Wildman–Crippen MR) is 68.2 cm³/mol. The minimum absolute atomic E-state index is 0.967. The van der Waals surface area contributed by atoms with Gasteiger partial charge in [-0.25, -0.2) is 9.03 Å². The van der Waals surface area contributed by atoms with Crippen LogP contribution in [-0.2, 0) is 0 Å². The lowest BCUT2D eigenvalue weighted by Crippen LogP contribution is -1.92. The molecule has 0 saturated heterocycles. The minimum atomic E-state index is 0.967. The Bertz CT molecular complexity index is 841. The number of rotatable bonds is 1. The lowest BCUT2D eigenvalue weighted by Gasteiger charge is -2.04. The van der Waals surface area contributed by atoms with Crippen molar-refractivity contribution in [3.8, 4) is 11.1 Å². The van der Waals surface area contributed by atoms with Gasteiger partial charge in [0.25, 0.3) is 0 Å². The predicted octanol–water partition coefficient (Wildman–Crippen LogP) is 2.45. The number of hydrogen-bond acceptors (Lipinski definition) is 2. The molecule has 0 amide bonds. The summed E-state index contributed by atoms with van der Waals surface area (Å²) in [6.07, 6.45) is 7.46. The Balaban J connectivity index is 2.03. The fourth-order valence-corrected chi connectivity index (χ4v) is 2.19. The third kappa shape index (κ3) is 1.26. The van der Waals surface area contributed by atoms with Crippen molar-refractivity contribution in [2.24, 2.45) is 0 Å². The van der Waals surface area contributed by atoms with Gasteiger partial charge in [0.1, 0.15) is 0 Å². The fraction of sp³-hybridized carbons (Fsp3) is 0. The molecule has 4 heterocycles. The van der Waals surface area contributed by atoms with E-state index in [1.807, 2.05) is 41.2 Å². The van der Waals surface area contributed by atoms with Gasteiger partial charge < -0.3 is 0 Å². The topological polar surface area (TPSA) is 34.6 Å². The average Bonchev–Trinajstić information content (AvgIpc) is 3.05. The maximum absolute atomic E-state index is 4.26. The van der Waals surface area contributed by atoms with E-state index in [0.717, 1.165) is 22.2 Å². The van der Waals surface area contributed by atoms with Gasteiger partial charge >= 0.3 is 0 Å². The molecule has 0 aromatic carbocycles. The van der Waals surface area contributed by atoms with Crippen LogP contribution < -0.4 is 0 Å². The summed E-state index contributed by atoms with van der Waals surface area (Å²) in [4.78, 5) is 0. The van der Waals surface area contributed by atoms with Crippen molar-refractivity contribution in [3.63, 3.8) is 0 Å². The standard InChI is InChI=1S/C14H9N4/c1-2-14-13(4-7-16-18(14)8-1)11-5-9-17-12(10-11)3-6-15-17/h1-9H. The Labute approximate surface area is 103 Å². The maximum Gasteiger partial charge on any atom is 0.0747 e. The molecule has 0 unspecified atom stereocenters. The van der Waals surface area contributed by atoms with Crippen molar-refractivity contribution in [1.29, 1.82) is 0 Å². The zero-order chi connectivity index (χ0) is 11.9. The van der Waals surface area contributed by atoms with Crippen LogP contribution in [0.5, 0.6) is 0 Å². The van der Waals surface area contributed by atoms with Gasteiger partial charge in [0.2, 0.25) is 0 Å². The second kappa shape index (κ2) is 3.43. The van der Waals surface area contributed by atoms with E-state index in [0.29, 0.717) is 0 Å². The molecule has 0 saturated carbocycles. The molecule has 0 aliphatic heterocycles. The molecule has 0 aliphatic rings. The Morgan fingerprint density at radius 2 is 1.78 bits per heavy atom. The van der Waals surface area contributed by atoms with E-state index in [9.17, 15) is 0 Å². The molecule has 0 spiro atoms. The summed E-state index contributed by atoms with van der Waals surface area (Å²) in [6, 6.07) is 13.4. The van der Waals surface area contributed by atoms with Crippen molar-refractivity contribution >= 4 is 11.0 Å². The van der Waals surface area contributed by atoms with Gasteiger partial charge in [-0.05, 0) is 35.9 Å². The molecule has 1 radical (unpaired) electrons. The van der Waals surface area contributed by atoms with Crippen molar-refractivity contribution in [2.45, 2.75) is 0 Å². The zero-order valence-electron chi connectivity index (χ0n) is 9.49. The minimum Gasteiger partial charge on any atom is -0.240 e. The molecule has 0 N–H and O–H groups in total. The quantitative estimate of drug-likeness (QED) is 0.506. The Hall–Kier alpha value is -2.62. The van der Waals surface area contributed by atoms with Crippen LogP contribution in [-0.4, -0.2) is 19.2 Å². The van der Waals surface area contributed by atoms with Crippen molar-refractivity contribution in [1.82, 2.24) is 19.2 Å². The third-order valence-corrected chi connectivity index (χ3v) is 3.04. The second-order valence-corrected chi connectivity index (χ2v) is 4.10. The monoisotopic (exact) mass is 233 g/mol. The molecule has 0 atom stereocenters. The van der Waals surface area contributed by atoms with Gasteiger partial charge in [0.15, 0.2) is 0 Å². The normalized spacial score (nSPS) is 11.3. The summed E-state index contributed by atoms with van der Waals surface area (Å²) in [6.45, 7) is 0. The smallest absolute Gasteiger partial charge is 0.0747 e. The van der Waals surface area contributed by atoms with Gasteiger partial charge in [-0.3, -0.25) is 0 Å². The van der Waals surface area contributed by atoms with Crippen LogP contribution in [0, 0.1) is 6.07 Å². The van der Waals surface area contributed by atoms with Crippen LogP contribution in [0.25, 0.3) is 22.2 Å². The summed E-state index contributed by atoms with van der Waals surface area (Å²) in [5.41, 5.74) is 4.22. The largest absolute Gasteiger partial charge is 0.240 e. The second-order valence-electron chi connectivity index (χ2n) is 4.10. The van der Waals surface area contributed by atoms with Crippen LogP contribution in [0.4, 0.5) is 0 Å². The van der Waals surface area contributed by atoms with E-state index in [2.05, 4.69) is 22.3 Å². The highest BCUT2D eigenvalue weighted by Crippen LogP contribution is 2.24. The molecule has 85 valence electrons. The first-order valence-electron chi connectivity index (χ1n) is 5.70. The SMILES string of the molecule is [c]1c(-c2ccnn3cccc23)ccn2nccc12. The molecule has 4 aromatic rings. The first-order valence-corrected chi connectivity index (χ1v) is 5.70.